The zero-order valence-corrected chi connectivity index (χ0v) is 9.29. The molecule has 1 aliphatic rings. The van der Waals surface area contributed by atoms with E-state index in [9.17, 15) is 0 Å². The van der Waals surface area contributed by atoms with Crippen LogP contribution in [-0.2, 0) is 4.74 Å². The fourth-order valence-corrected chi connectivity index (χ4v) is 1.75. The van der Waals surface area contributed by atoms with Crippen molar-refractivity contribution in [2.75, 3.05) is 18.9 Å². The Bertz CT molecular complexity index is 324. The van der Waals surface area contributed by atoms with E-state index < -0.39 is 0 Å². The number of anilines is 1. The summed E-state index contributed by atoms with van der Waals surface area (Å²) in [5.41, 5.74) is 6.50. The maximum Gasteiger partial charge on any atom is 0.143 e. The molecule has 4 heteroatoms. The summed E-state index contributed by atoms with van der Waals surface area (Å²) < 4.78 is 11.8. The summed E-state index contributed by atoms with van der Waals surface area (Å²) in [6, 6.07) is 5.68. The molecule has 0 amide bonds. The predicted molar refractivity (Wildman–Crippen MR) is 58.4 cm³/mol. The Kier molecular flexibility index (Phi) is 2.93. The lowest BCUT2D eigenvalue weighted by Gasteiger charge is -2.14. The molecule has 2 rings (SSSR count). The summed E-state index contributed by atoms with van der Waals surface area (Å²) in [7, 11) is 0. The Balaban J connectivity index is 2.11. The van der Waals surface area contributed by atoms with E-state index in [0.717, 1.165) is 23.2 Å². The van der Waals surface area contributed by atoms with Crippen LogP contribution in [0.15, 0.2) is 22.7 Å². The van der Waals surface area contributed by atoms with Crippen LogP contribution in [0.3, 0.4) is 0 Å². The van der Waals surface area contributed by atoms with E-state index in [4.69, 9.17) is 15.2 Å². The van der Waals surface area contributed by atoms with Crippen LogP contribution in [0, 0.1) is 0 Å². The van der Waals surface area contributed by atoms with E-state index in [0.29, 0.717) is 12.3 Å². The Hall–Kier alpha value is -0.740. The number of hydrogen-bond acceptors (Lipinski definition) is 3. The van der Waals surface area contributed by atoms with Gasteiger partial charge in [-0.15, -0.1) is 0 Å². The number of para-hydroxylation sites is 1. The predicted octanol–water partition coefficient (Wildman–Crippen LogP) is 2.20. The van der Waals surface area contributed by atoms with E-state index in [2.05, 4.69) is 15.9 Å². The number of nitrogens with two attached hydrogens (primary N) is 1. The largest absolute Gasteiger partial charge is 0.486 e. The molecule has 1 saturated heterocycles. The standard InChI is InChI=1S/C10H12BrNO2/c11-8-2-1-3-9(10(8)12)14-7-4-5-13-6-7/h1-3,7H,4-6,12H2. The molecule has 0 aromatic heterocycles. The summed E-state index contributed by atoms with van der Waals surface area (Å²) in [5, 5.41) is 0. The molecule has 1 aromatic rings. The highest BCUT2D eigenvalue weighted by molar-refractivity contribution is 9.10. The monoisotopic (exact) mass is 257 g/mol. The molecule has 3 nitrogen and oxygen atoms in total. The Morgan fingerprint density at radius 1 is 1.50 bits per heavy atom. The normalized spacial score (nSPS) is 21.1. The van der Waals surface area contributed by atoms with Gasteiger partial charge in [-0.2, -0.15) is 0 Å². The van der Waals surface area contributed by atoms with Crippen LogP contribution in [0.2, 0.25) is 0 Å². The molecule has 1 unspecified atom stereocenters. The lowest BCUT2D eigenvalue weighted by molar-refractivity contribution is 0.142. The minimum Gasteiger partial charge on any atom is -0.486 e. The highest BCUT2D eigenvalue weighted by atomic mass is 79.9. The summed E-state index contributed by atoms with van der Waals surface area (Å²) >= 11 is 3.36. The topological polar surface area (TPSA) is 44.5 Å². The van der Waals surface area contributed by atoms with Crippen LogP contribution in [-0.4, -0.2) is 19.3 Å². The first-order chi connectivity index (χ1) is 6.77. The zero-order chi connectivity index (χ0) is 9.97. The van der Waals surface area contributed by atoms with Crippen LogP contribution >= 0.6 is 15.9 Å². The van der Waals surface area contributed by atoms with Gasteiger partial charge in [0, 0.05) is 10.9 Å². The molecule has 0 saturated carbocycles. The number of ether oxygens (including phenoxy) is 2. The second kappa shape index (κ2) is 4.19. The summed E-state index contributed by atoms with van der Waals surface area (Å²) in [6.45, 7) is 1.44. The van der Waals surface area contributed by atoms with Gasteiger partial charge in [0.25, 0.3) is 0 Å². The van der Waals surface area contributed by atoms with E-state index >= 15 is 0 Å². The second-order valence-corrected chi connectivity index (χ2v) is 4.11. The smallest absolute Gasteiger partial charge is 0.143 e. The van der Waals surface area contributed by atoms with Gasteiger partial charge in [0.15, 0.2) is 0 Å². The quantitative estimate of drug-likeness (QED) is 0.827. The van der Waals surface area contributed by atoms with Gasteiger partial charge in [-0.1, -0.05) is 6.07 Å². The molecule has 14 heavy (non-hydrogen) atoms. The molecule has 1 heterocycles. The highest BCUT2D eigenvalue weighted by Crippen LogP contribution is 2.30. The molecular weight excluding hydrogens is 246 g/mol. The fraction of sp³-hybridized carbons (Fsp3) is 0.400. The van der Waals surface area contributed by atoms with Crippen LogP contribution in [0.1, 0.15) is 6.42 Å². The van der Waals surface area contributed by atoms with Crippen molar-refractivity contribution in [2.45, 2.75) is 12.5 Å². The number of halogens is 1. The van der Waals surface area contributed by atoms with Crippen molar-refractivity contribution in [3.8, 4) is 5.75 Å². The van der Waals surface area contributed by atoms with Crippen LogP contribution in [0.4, 0.5) is 5.69 Å². The van der Waals surface area contributed by atoms with Crippen molar-refractivity contribution in [2.24, 2.45) is 0 Å². The first kappa shape index (κ1) is 9.80. The Labute approximate surface area is 91.3 Å². The molecule has 0 spiro atoms. The molecule has 1 fully saturated rings. The van der Waals surface area contributed by atoms with Crippen molar-refractivity contribution >= 4 is 21.6 Å². The van der Waals surface area contributed by atoms with Crippen LogP contribution < -0.4 is 10.5 Å². The van der Waals surface area contributed by atoms with E-state index in [1.54, 1.807) is 0 Å². The van der Waals surface area contributed by atoms with Gasteiger partial charge in [0.05, 0.1) is 18.9 Å². The van der Waals surface area contributed by atoms with Crippen molar-refractivity contribution in [1.82, 2.24) is 0 Å². The summed E-state index contributed by atoms with van der Waals surface area (Å²) in [6.07, 6.45) is 1.08. The van der Waals surface area contributed by atoms with Gasteiger partial charge < -0.3 is 15.2 Å². The van der Waals surface area contributed by atoms with Gasteiger partial charge in [0.1, 0.15) is 11.9 Å². The molecule has 2 N–H and O–H groups in total. The zero-order valence-electron chi connectivity index (χ0n) is 7.70. The first-order valence-electron chi connectivity index (χ1n) is 4.56. The minimum atomic E-state index is 0.145. The van der Waals surface area contributed by atoms with Crippen molar-refractivity contribution in [3.05, 3.63) is 22.7 Å². The molecule has 1 atom stereocenters. The van der Waals surface area contributed by atoms with Gasteiger partial charge in [-0.3, -0.25) is 0 Å². The second-order valence-electron chi connectivity index (χ2n) is 3.26. The van der Waals surface area contributed by atoms with Crippen molar-refractivity contribution < 1.29 is 9.47 Å². The van der Waals surface area contributed by atoms with Crippen molar-refractivity contribution in [1.29, 1.82) is 0 Å². The SMILES string of the molecule is Nc1c(Br)cccc1OC1CCOC1. The Morgan fingerprint density at radius 2 is 2.36 bits per heavy atom. The molecule has 0 radical (unpaired) electrons. The maximum atomic E-state index is 5.85. The fourth-order valence-electron chi connectivity index (χ4n) is 1.41. The number of benzene rings is 1. The third-order valence-corrected chi connectivity index (χ3v) is 2.89. The van der Waals surface area contributed by atoms with E-state index in [1.807, 2.05) is 18.2 Å². The van der Waals surface area contributed by atoms with Gasteiger partial charge in [-0.05, 0) is 28.1 Å². The summed E-state index contributed by atoms with van der Waals surface area (Å²) in [4.78, 5) is 0. The maximum absolute atomic E-state index is 5.85. The number of rotatable bonds is 2. The molecule has 1 aromatic carbocycles. The average molecular weight is 258 g/mol. The van der Waals surface area contributed by atoms with Crippen LogP contribution in [0.5, 0.6) is 5.75 Å². The van der Waals surface area contributed by atoms with Gasteiger partial charge >= 0.3 is 0 Å². The number of hydrogen-bond donors (Lipinski definition) is 1. The lowest BCUT2D eigenvalue weighted by atomic mass is 10.3. The molecule has 1 aliphatic heterocycles. The minimum absolute atomic E-state index is 0.145. The molecule has 76 valence electrons. The third kappa shape index (κ3) is 2.01. The summed E-state index contributed by atoms with van der Waals surface area (Å²) in [5.74, 6) is 0.731. The van der Waals surface area contributed by atoms with E-state index in [-0.39, 0.29) is 6.10 Å². The van der Waals surface area contributed by atoms with Crippen LogP contribution in [0.25, 0.3) is 0 Å². The first-order valence-corrected chi connectivity index (χ1v) is 5.35. The van der Waals surface area contributed by atoms with E-state index in [1.165, 1.54) is 0 Å². The average Bonchev–Trinajstić information content (AvgIpc) is 2.66. The third-order valence-electron chi connectivity index (χ3n) is 2.19. The lowest BCUT2D eigenvalue weighted by Crippen LogP contribution is -2.16. The molecule has 0 aliphatic carbocycles. The van der Waals surface area contributed by atoms with Gasteiger partial charge in [0.2, 0.25) is 0 Å². The Morgan fingerprint density at radius 3 is 3.07 bits per heavy atom. The van der Waals surface area contributed by atoms with Crippen molar-refractivity contribution in [3.63, 3.8) is 0 Å². The molecular formula is C10H12BrNO2. The highest BCUT2D eigenvalue weighted by Gasteiger charge is 2.18. The van der Waals surface area contributed by atoms with Gasteiger partial charge in [-0.25, -0.2) is 0 Å². The number of nitrogen functional groups attached to an aromatic ring is 1. The molecule has 0 bridgehead atoms.